The van der Waals surface area contributed by atoms with E-state index in [4.69, 9.17) is 8.83 Å². The topological polar surface area (TPSA) is 39.2 Å². The van der Waals surface area contributed by atoms with Crippen LogP contribution < -0.4 is 52.8 Å². The summed E-state index contributed by atoms with van der Waals surface area (Å²) in [6.07, 6.45) is 0. The summed E-state index contributed by atoms with van der Waals surface area (Å²) in [5, 5.41) is 2.14. The van der Waals surface area contributed by atoms with E-state index < -0.39 is 0 Å². The van der Waals surface area contributed by atoms with E-state index in [9.17, 15) is 0 Å². The maximum Gasteiger partial charge on any atom is 0.297 e. The van der Waals surface area contributed by atoms with Crippen molar-refractivity contribution in [3.05, 3.63) is 267 Å². The molecule has 2 aromatic heterocycles. The Bertz CT molecular complexity index is 4240. The second-order valence-corrected chi connectivity index (χ2v) is 20.7. The van der Waals surface area contributed by atoms with Crippen molar-refractivity contribution in [2.24, 2.45) is 0 Å². The van der Waals surface area contributed by atoms with Gasteiger partial charge in [-0.25, -0.2) is 0 Å². The second kappa shape index (κ2) is 16.7. The highest BCUT2D eigenvalue weighted by Crippen LogP contribution is 2.52. The zero-order chi connectivity index (χ0) is 51.0. The molecule has 0 amide bonds. The molecule has 0 saturated carbocycles. The minimum absolute atomic E-state index is 0.298. The summed E-state index contributed by atoms with van der Waals surface area (Å²) in [4.78, 5) is 9.95. The maximum atomic E-state index is 7.40. The second-order valence-electron chi connectivity index (χ2n) is 20.7. The molecule has 0 radical (unpaired) electrons. The first-order valence-corrected chi connectivity index (χ1v) is 26.8. The lowest BCUT2D eigenvalue weighted by molar-refractivity contribution is 0.651. The van der Waals surface area contributed by atoms with Gasteiger partial charge in [0.05, 0.1) is 22.7 Å². The van der Waals surface area contributed by atoms with Crippen LogP contribution in [0.15, 0.2) is 276 Å². The number of fused-ring (bicyclic) bond motifs is 12. The van der Waals surface area contributed by atoms with Gasteiger partial charge in [0.15, 0.2) is 0 Å². The fourth-order valence-electron chi connectivity index (χ4n) is 13.3. The highest BCUT2D eigenvalue weighted by molar-refractivity contribution is 7.02. The molecular formula is C70H44B2N4O2. The number of furan rings is 2. The lowest BCUT2D eigenvalue weighted by Crippen LogP contribution is -2.65. The summed E-state index contributed by atoms with van der Waals surface area (Å²) in [5.74, 6) is 0. The predicted molar refractivity (Wildman–Crippen MR) is 325 cm³/mol. The number of para-hydroxylation sites is 6. The first-order valence-electron chi connectivity index (χ1n) is 26.8. The lowest BCUT2D eigenvalue weighted by Gasteiger charge is -2.46. The summed E-state index contributed by atoms with van der Waals surface area (Å²) < 4.78 is 14.8. The van der Waals surface area contributed by atoms with Gasteiger partial charge in [0, 0.05) is 67.6 Å². The van der Waals surface area contributed by atoms with Crippen LogP contribution in [-0.2, 0) is 0 Å². The zero-order valence-corrected chi connectivity index (χ0v) is 42.2. The van der Waals surface area contributed by atoms with Crippen molar-refractivity contribution < 1.29 is 8.83 Å². The van der Waals surface area contributed by atoms with Gasteiger partial charge in [-0.1, -0.05) is 164 Å². The maximum absolute atomic E-state index is 7.40. The van der Waals surface area contributed by atoms with Crippen molar-refractivity contribution in [2.75, 3.05) is 19.6 Å². The van der Waals surface area contributed by atoms with Crippen LogP contribution in [0.2, 0.25) is 0 Å². The molecule has 17 rings (SSSR count). The Morgan fingerprint density at radius 3 is 0.936 bits per heavy atom. The van der Waals surface area contributed by atoms with E-state index in [1.165, 1.54) is 10.9 Å². The molecule has 0 saturated heterocycles. The molecule has 13 aromatic rings. The minimum atomic E-state index is -0.298. The standard InChI is InChI=1S/C70H44B2N4O2/c1-7-23-45(24-8-1)47-39-59-65-61(41-47)75(51-31-15-5-16-32-51)67-53-35-19-21-37-63(53)77-69(67)71(65)55-43-56-58(44-57(55)73(59)49-27-11-3-12-28-49)74(50-29-13-4-14-30-50)60-40-48(46-25-9-2-10-26-46)42-62-66(60)72(56)70-68(54-36-20-22-38-64(54)78-70)76(62)52-33-17-6-18-34-52/h1-44H. The molecule has 4 aliphatic rings. The number of hydrogen-bond acceptors (Lipinski definition) is 6. The third-order valence-electron chi connectivity index (χ3n) is 16.5. The van der Waals surface area contributed by atoms with Crippen molar-refractivity contribution in [1.29, 1.82) is 0 Å². The number of rotatable bonds is 6. The molecule has 8 heteroatoms. The van der Waals surface area contributed by atoms with Gasteiger partial charge in [0.2, 0.25) is 0 Å². The summed E-state index contributed by atoms with van der Waals surface area (Å²) in [6, 6.07) is 96.9. The Hall–Kier alpha value is -10.2. The summed E-state index contributed by atoms with van der Waals surface area (Å²) >= 11 is 0. The molecule has 0 N–H and O–H groups in total. The van der Waals surface area contributed by atoms with Crippen molar-refractivity contribution in [3.8, 4) is 22.3 Å². The Labute approximate surface area is 452 Å². The van der Waals surface area contributed by atoms with E-state index in [0.29, 0.717) is 0 Å². The van der Waals surface area contributed by atoms with Crippen molar-refractivity contribution in [3.63, 3.8) is 0 Å². The molecule has 0 bridgehead atoms. The van der Waals surface area contributed by atoms with Gasteiger partial charge >= 0.3 is 0 Å². The molecule has 362 valence electrons. The van der Waals surface area contributed by atoms with Crippen molar-refractivity contribution in [1.82, 2.24) is 0 Å². The van der Waals surface area contributed by atoms with Crippen LogP contribution in [0.25, 0.3) is 44.2 Å². The molecule has 0 aliphatic carbocycles. The van der Waals surface area contributed by atoms with Crippen LogP contribution in [0, 0.1) is 0 Å². The van der Waals surface area contributed by atoms with Gasteiger partial charge in [0.25, 0.3) is 13.4 Å². The lowest BCUT2D eigenvalue weighted by atomic mass is 9.32. The van der Waals surface area contributed by atoms with Crippen LogP contribution in [0.4, 0.5) is 68.2 Å². The van der Waals surface area contributed by atoms with E-state index in [1.807, 2.05) is 0 Å². The smallest absolute Gasteiger partial charge is 0.297 e. The largest absolute Gasteiger partial charge is 0.468 e. The molecule has 11 aromatic carbocycles. The van der Waals surface area contributed by atoms with Crippen LogP contribution in [0.3, 0.4) is 0 Å². The van der Waals surface area contributed by atoms with Gasteiger partial charge in [-0.3, -0.25) is 0 Å². The quantitative estimate of drug-likeness (QED) is 0.155. The fourth-order valence-corrected chi connectivity index (χ4v) is 13.3. The Balaban J connectivity index is 1.03. The molecule has 0 spiro atoms. The fraction of sp³-hybridized carbons (Fsp3) is 0. The molecule has 6 heterocycles. The number of hydrogen-bond donors (Lipinski definition) is 0. The van der Waals surface area contributed by atoms with E-state index in [2.05, 4.69) is 287 Å². The molecule has 0 fully saturated rings. The predicted octanol–water partition coefficient (Wildman–Crippen LogP) is 14.7. The van der Waals surface area contributed by atoms with Crippen LogP contribution >= 0.6 is 0 Å². The van der Waals surface area contributed by atoms with Crippen molar-refractivity contribution >= 4 is 137 Å². The number of nitrogens with zero attached hydrogens (tertiary/aromatic N) is 4. The van der Waals surface area contributed by atoms with Gasteiger partial charge in [-0.15, -0.1) is 0 Å². The molecule has 6 nitrogen and oxygen atoms in total. The zero-order valence-electron chi connectivity index (χ0n) is 42.2. The van der Waals surface area contributed by atoms with Gasteiger partial charge in [-0.2, -0.15) is 0 Å². The summed E-state index contributed by atoms with van der Waals surface area (Å²) in [6.45, 7) is -0.595. The van der Waals surface area contributed by atoms with E-state index in [-0.39, 0.29) is 13.4 Å². The van der Waals surface area contributed by atoms with Gasteiger partial charge in [0.1, 0.15) is 11.2 Å². The van der Waals surface area contributed by atoms with E-state index in [0.717, 1.165) is 135 Å². The Kier molecular flexibility index (Phi) is 9.21. The third-order valence-corrected chi connectivity index (χ3v) is 16.5. The third kappa shape index (κ3) is 6.17. The van der Waals surface area contributed by atoms with E-state index >= 15 is 0 Å². The SMILES string of the molecule is c1ccc(-c2cc3c4c(c2)N(c2ccccc2)c2c(oc5ccccc25)B4c2cc4c(cc2N3c2ccccc2)N(c2ccccc2)c2cc(-c3ccccc3)cc3c2B4c2oc4ccccc4c2N3c2ccccc2)cc1. The summed E-state index contributed by atoms with van der Waals surface area (Å²) in [7, 11) is 0. The van der Waals surface area contributed by atoms with Crippen LogP contribution in [-0.4, -0.2) is 13.4 Å². The Morgan fingerprint density at radius 1 is 0.256 bits per heavy atom. The molecule has 4 aliphatic heterocycles. The van der Waals surface area contributed by atoms with Crippen molar-refractivity contribution in [2.45, 2.75) is 0 Å². The number of benzene rings is 11. The minimum Gasteiger partial charge on any atom is -0.468 e. The molecular weight excluding hydrogens is 950 g/mol. The normalized spacial score (nSPS) is 13.5. The summed E-state index contributed by atoms with van der Waals surface area (Å²) in [5.41, 5.74) is 25.8. The first kappa shape index (κ1) is 43.1. The highest BCUT2D eigenvalue weighted by atomic mass is 16.3. The molecule has 0 atom stereocenters. The molecule has 78 heavy (non-hydrogen) atoms. The Morgan fingerprint density at radius 2 is 0.564 bits per heavy atom. The van der Waals surface area contributed by atoms with Crippen LogP contribution in [0.1, 0.15) is 0 Å². The molecule has 0 unspecified atom stereocenters. The monoisotopic (exact) mass is 994 g/mol. The van der Waals surface area contributed by atoms with E-state index in [1.54, 1.807) is 0 Å². The first-order chi connectivity index (χ1) is 38.7. The number of anilines is 12. The van der Waals surface area contributed by atoms with Gasteiger partial charge in [-0.05, 0) is 147 Å². The van der Waals surface area contributed by atoms with Gasteiger partial charge < -0.3 is 28.4 Å². The van der Waals surface area contributed by atoms with Crippen LogP contribution in [0.5, 0.6) is 0 Å². The average Bonchev–Trinajstić information content (AvgIpc) is 4.24. The highest BCUT2D eigenvalue weighted by Gasteiger charge is 2.51. The average molecular weight is 995 g/mol.